The van der Waals surface area contributed by atoms with Crippen molar-refractivity contribution in [1.29, 1.82) is 0 Å². The van der Waals surface area contributed by atoms with Crippen LogP contribution in [-0.2, 0) is 4.79 Å². The van der Waals surface area contributed by atoms with Gasteiger partial charge >= 0.3 is 0 Å². The fourth-order valence-electron chi connectivity index (χ4n) is 12.0. The van der Waals surface area contributed by atoms with Gasteiger partial charge < -0.3 is 4.79 Å². The van der Waals surface area contributed by atoms with E-state index in [2.05, 4.69) is 41.5 Å². The van der Waals surface area contributed by atoms with Crippen molar-refractivity contribution in [3.63, 3.8) is 0 Å². The predicted molar refractivity (Wildman–Crippen MR) is 130 cm³/mol. The second-order valence-electron chi connectivity index (χ2n) is 14.6. The van der Waals surface area contributed by atoms with Gasteiger partial charge in [0.15, 0.2) is 0 Å². The Hall–Kier alpha value is -0.330. The van der Waals surface area contributed by atoms with Crippen LogP contribution in [0.5, 0.6) is 0 Å². The molecule has 0 N–H and O–H groups in total. The molecule has 0 aromatic carbocycles. The van der Waals surface area contributed by atoms with Crippen molar-refractivity contribution in [3.8, 4) is 0 Å². The van der Waals surface area contributed by atoms with Crippen LogP contribution in [0.25, 0.3) is 0 Å². The van der Waals surface area contributed by atoms with Gasteiger partial charge in [-0.2, -0.15) is 0 Å². The minimum absolute atomic E-state index is 0.497. The molecule has 0 saturated heterocycles. The normalized spacial score (nSPS) is 55.5. The van der Waals surface area contributed by atoms with Crippen LogP contribution in [0.1, 0.15) is 125 Å². The summed E-state index contributed by atoms with van der Waals surface area (Å²) in [5, 5.41) is 0. The first-order valence-corrected chi connectivity index (χ1v) is 14.0. The summed E-state index contributed by atoms with van der Waals surface area (Å²) in [5.41, 5.74) is 2.60. The predicted octanol–water partition coefficient (Wildman–Crippen LogP) is 8.46. The van der Waals surface area contributed by atoms with Crippen LogP contribution in [0.15, 0.2) is 0 Å². The first kappa shape index (κ1) is 22.5. The van der Waals surface area contributed by atoms with Crippen LogP contribution in [0.2, 0.25) is 0 Å². The van der Waals surface area contributed by atoms with Gasteiger partial charge in [0.2, 0.25) is 0 Å². The molecular formula is C30H50O. The van der Waals surface area contributed by atoms with Crippen LogP contribution in [-0.4, -0.2) is 6.29 Å². The summed E-state index contributed by atoms with van der Waals surface area (Å²) in [7, 11) is 0. The highest BCUT2D eigenvalue weighted by molar-refractivity contribution is 5.49. The van der Waals surface area contributed by atoms with E-state index >= 15 is 0 Å². The average Bonchev–Trinajstić information content (AvgIpc) is 3.15. The van der Waals surface area contributed by atoms with E-state index in [9.17, 15) is 4.79 Å². The van der Waals surface area contributed by atoms with Gasteiger partial charge in [-0.15, -0.1) is 0 Å². The SMILES string of the molecule is CC1CC[C@@]2(C)C(CC[C@]3(C)C2CC[C@@]2(C)C3CC[C@@]3(CCC=O)CCC[C@@H]32)C1(C)C. The molecular weight excluding hydrogens is 376 g/mol. The highest BCUT2D eigenvalue weighted by atomic mass is 16.1. The Morgan fingerprint density at radius 1 is 0.677 bits per heavy atom. The van der Waals surface area contributed by atoms with Gasteiger partial charge in [-0.1, -0.05) is 48.0 Å². The van der Waals surface area contributed by atoms with E-state index in [-0.39, 0.29) is 0 Å². The number of carbonyl (C=O) groups excluding carboxylic acids is 1. The Bertz CT molecular complexity index is 724. The lowest BCUT2D eigenvalue weighted by Crippen LogP contribution is -2.64. The van der Waals surface area contributed by atoms with E-state index in [4.69, 9.17) is 0 Å². The first-order valence-electron chi connectivity index (χ1n) is 14.0. The second kappa shape index (κ2) is 7.09. The van der Waals surface area contributed by atoms with Gasteiger partial charge in [0, 0.05) is 6.42 Å². The molecule has 5 aliphatic carbocycles. The zero-order valence-electron chi connectivity index (χ0n) is 21.6. The van der Waals surface area contributed by atoms with E-state index < -0.39 is 0 Å². The summed E-state index contributed by atoms with van der Waals surface area (Å²) in [6.45, 7) is 16.0. The molecule has 0 aromatic heterocycles. The zero-order valence-corrected chi connectivity index (χ0v) is 21.6. The maximum atomic E-state index is 11.3. The van der Waals surface area contributed by atoms with Crippen molar-refractivity contribution < 1.29 is 4.79 Å². The molecule has 5 saturated carbocycles. The topological polar surface area (TPSA) is 17.1 Å². The fraction of sp³-hybridized carbons (Fsp3) is 0.967. The molecule has 9 atom stereocenters. The molecule has 0 amide bonds. The smallest absolute Gasteiger partial charge is 0.120 e. The average molecular weight is 427 g/mol. The molecule has 176 valence electrons. The van der Waals surface area contributed by atoms with E-state index in [1.807, 2.05) is 0 Å². The Morgan fingerprint density at radius 2 is 1.23 bits per heavy atom. The maximum Gasteiger partial charge on any atom is 0.120 e. The first-order chi connectivity index (χ1) is 14.5. The van der Waals surface area contributed by atoms with Crippen molar-refractivity contribution in [2.45, 2.75) is 125 Å². The number of rotatable bonds is 3. The quantitative estimate of drug-likeness (QED) is 0.414. The van der Waals surface area contributed by atoms with Gasteiger partial charge in [0.25, 0.3) is 0 Å². The third-order valence-corrected chi connectivity index (χ3v) is 13.6. The summed E-state index contributed by atoms with van der Waals surface area (Å²) < 4.78 is 0. The van der Waals surface area contributed by atoms with Crippen LogP contribution in [0, 0.1) is 56.7 Å². The molecule has 4 unspecified atom stereocenters. The van der Waals surface area contributed by atoms with Crippen LogP contribution in [0.4, 0.5) is 0 Å². The third kappa shape index (κ3) is 2.83. The third-order valence-electron chi connectivity index (χ3n) is 13.6. The van der Waals surface area contributed by atoms with Gasteiger partial charge in [0.1, 0.15) is 6.29 Å². The number of fused-ring (bicyclic) bond motifs is 7. The van der Waals surface area contributed by atoms with Crippen molar-refractivity contribution >= 4 is 6.29 Å². The van der Waals surface area contributed by atoms with Crippen LogP contribution < -0.4 is 0 Å². The monoisotopic (exact) mass is 426 g/mol. The van der Waals surface area contributed by atoms with E-state index in [1.165, 1.54) is 83.3 Å². The molecule has 0 bridgehead atoms. The fourth-order valence-corrected chi connectivity index (χ4v) is 12.0. The summed E-state index contributed by atoms with van der Waals surface area (Å²) in [6, 6.07) is 0. The van der Waals surface area contributed by atoms with E-state index in [1.54, 1.807) is 0 Å². The zero-order chi connectivity index (χ0) is 22.3. The maximum absolute atomic E-state index is 11.3. The molecule has 5 aliphatic rings. The standard InChI is InChI=1S/C30H50O/c1-21-10-16-27(4)22(26(21,2)3)11-17-28(5)23(27)12-18-29(6)24(28)13-19-30(15-8-20-31)14-7-9-25(29)30/h20-25H,7-19H2,1-6H3/t21?,22?,23?,24?,25-,27+,28-,29+,30+/m1/s1. The van der Waals surface area contributed by atoms with Crippen molar-refractivity contribution in [1.82, 2.24) is 0 Å². The van der Waals surface area contributed by atoms with Crippen LogP contribution in [0.3, 0.4) is 0 Å². The number of carbonyl (C=O) groups is 1. The summed E-state index contributed by atoms with van der Waals surface area (Å²) in [6.07, 6.45) is 19.1. The van der Waals surface area contributed by atoms with Crippen molar-refractivity contribution in [3.05, 3.63) is 0 Å². The molecule has 5 fully saturated rings. The minimum Gasteiger partial charge on any atom is -0.303 e. The van der Waals surface area contributed by atoms with Crippen molar-refractivity contribution in [2.75, 3.05) is 0 Å². The molecule has 0 radical (unpaired) electrons. The lowest BCUT2D eigenvalue weighted by atomic mass is 9.33. The highest BCUT2D eigenvalue weighted by Crippen LogP contribution is 2.76. The summed E-state index contributed by atoms with van der Waals surface area (Å²) >= 11 is 0. The van der Waals surface area contributed by atoms with E-state index in [0.717, 1.165) is 36.0 Å². The van der Waals surface area contributed by atoms with Gasteiger partial charge in [0.05, 0.1) is 0 Å². The largest absolute Gasteiger partial charge is 0.303 e. The highest BCUT2D eigenvalue weighted by Gasteiger charge is 2.68. The lowest BCUT2D eigenvalue weighted by molar-refractivity contribution is -0.229. The number of aldehydes is 1. The summed E-state index contributed by atoms with van der Waals surface area (Å²) in [5.74, 6) is 4.49. The Morgan fingerprint density at radius 3 is 1.90 bits per heavy atom. The van der Waals surface area contributed by atoms with Crippen LogP contribution >= 0.6 is 0 Å². The van der Waals surface area contributed by atoms with Gasteiger partial charge in [-0.05, 0) is 127 Å². The lowest BCUT2D eigenvalue weighted by Gasteiger charge is -2.72. The second-order valence-corrected chi connectivity index (χ2v) is 14.6. The molecule has 0 spiro atoms. The van der Waals surface area contributed by atoms with Gasteiger partial charge in [-0.25, -0.2) is 0 Å². The molecule has 1 heteroatoms. The van der Waals surface area contributed by atoms with Crippen molar-refractivity contribution in [2.24, 2.45) is 56.7 Å². The molecule has 0 aliphatic heterocycles. The molecule has 5 rings (SSSR count). The Labute approximate surface area is 192 Å². The molecule has 31 heavy (non-hydrogen) atoms. The van der Waals surface area contributed by atoms with Gasteiger partial charge in [-0.3, -0.25) is 0 Å². The molecule has 0 aromatic rings. The summed E-state index contributed by atoms with van der Waals surface area (Å²) in [4.78, 5) is 11.3. The van der Waals surface area contributed by atoms with E-state index in [0.29, 0.717) is 27.1 Å². The number of hydrogen-bond donors (Lipinski definition) is 0. The Balaban J connectivity index is 1.49. The minimum atomic E-state index is 0.497. The number of hydrogen-bond acceptors (Lipinski definition) is 1. The molecule has 1 nitrogen and oxygen atoms in total. The molecule has 0 heterocycles. The Kier molecular flexibility index (Phi) is 5.13.